The van der Waals surface area contributed by atoms with Crippen LogP contribution in [0.3, 0.4) is 0 Å². The molecule has 3 rings (SSSR count). The Balaban J connectivity index is 1.59. The van der Waals surface area contributed by atoms with E-state index in [1.165, 1.54) is 28.2 Å². The molecular weight excluding hydrogens is 338 g/mol. The molecule has 0 fully saturated rings. The number of thiophene rings is 1. The van der Waals surface area contributed by atoms with E-state index < -0.39 is 11.2 Å². The summed E-state index contributed by atoms with van der Waals surface area (Å²) < 4.78 is 1.26. The third kappa shape index (κ3) is 3.79. The molecule has 0 bridgehead atoms. The highest BCUT2D eigenvalue weighted by atomic mass is 32.1. The summed E-state index contributed by atoms with van der Waals surface area (Å²) in [6.45, 7) is 0.165. The smallest absolute Gasteiger partial charge is 0.300 e. The van der Waals surface area contributed by atoms with Crippen molar-refractivity contribution < 1.29 is 4.79 Å². The number of rotatable bonds is 5. The molecule has 0 unspecified atom stereocenters. The van der Waals surface area contributed by atoms with Gasteiger partial charge in [0, 0.05) is 25.2 Å². The van der Waals surface area contributed by atoms with Gasteiger partial charge in [-0.1, -0.05) is 17.4 Å². The maximum absolute atomic E-state index is 11.9. The maximum Gasteiger partial charge on any atom is 0.328 e. The van der Waals surface area contributed by atoms with Crippen LogP contribution in [0, 0.1) is 0 Å². The van der Waals surface area contributed by atoms with Gasteiger partial charge in [0.05, 0.1) is 4.88 Å². The van der Waals surface area contributed by atoms with Crippen molar-refractivity contribution in [2.75, 3.05) is 5.32 Å². The van der Waals surface area contributed by atoms with Crippen molar-refractivity contribution in [2.45, 2.75) is 13.0 Å². The second-order valence-electron chi connectivity index (χ2n) is 4.49. The first-order chi connectivity index (χ1) is 11.1. The monoisotopic (exact) mass is 349 g/mol. The molecule has 10 heteroatoms. The van der Waals surface area contributed by atoms with E-state index in [1.54, 1.807) is 11.3 Å². The van der Waals surface area contributed by atoms with Crippen LogP contribution in [0.5, 0.6) is 0 Å². The molecule has 0 saturated heterocycles. The number of anilines is 1. The average Bonchev–Trinajstić information content (AvgIpc) is 3.17. The maximum atomic E-state index is 11.9. The Morgan fingerprint density at radius 2 is 2.17 bits per heavy atom. The lowest BCUT2D eigenvalue weighted by molar-refractivity contribution is -0.116. The first-order valence-electron chi connectivity index (χ1n) is 6.59. The summed E-state index contributed by atoms with van der Waals surface area (Å²) >= 11 is 2.83. The fourth-order valence-corrected chi connectivity index (χ4v) is 3.35. The molecule has 0 radical (unpaired) electrons. The van der Waals surface area contributed by atoms with Crippen LogP contribution in [0.25, 0.3) is 9.88 Å². The summed E-state index contributed by atoms with van der Waals surface area (Å²) in [5.41, 5.74) is -1.01. The van der Waals surface area contributed by atoms with Crippen LogP contribution < -0.4 is 16.6 Å². The molecule has 23 heavy (non-hydrogen) atoms. The molecule has 0 aliphatic heterocycles. The second kappa shape index (κ2) is 6.67. The SMILES string of the molecule is O=C(CCn1ccc(=O)[nH]c1=O)Nc1nnc(-c2cccs2)s1. The fourth-order valence-electron chi connectivity index (χ4n) is 1.80. The van der Waals surface area contributed by atoms with Crippen LogP contribution in [0.4, 0.5) is 5.13 Å². The molecule has 0 aromatic carbocycles. The molecule has 2 N–H and O–H groups in total. The highest BCUT2D eigenvalue weighted by Crippen LogP contribution is 2.29. The van der Waals surface area contributed by atoms with Crippen molar-refractivity contribution in [3.63, 3.8) is 0 Å². The number of carbonyl (C=O) groups excluding carboxylic acids is 1. The molecule has 3 aromatic rings. The first-order valence-corrected chi connectivity index (χ1v) is 8.28. The summed E-state index contributed by atoms with van der Waals surface area (Å²) in [6.07, 6.45) is 1.44. The van der Waals surface area contributed by atoms with Gasteiger partial charge < -0.3 is 9.88 Å². The van der Waals surface area contributed by atoms with Gasteiger partial charge in [-0.2, -0.15) is 0 Å². The number of amides is 1. The molecule has 1 amide bonds. The van der Waals surface area contributed by atoms with Crippen molar-refractivity contribution in [1.82, 2.24) is 19.7 Å². The lowest BCUT2D eigenvalue weighted by atomic mass is 10.4. The van der Waals surface area contributed by atoms with Gasteiger partial charge in [0.25, 0.3) is 5.56 Å². The minimum absolute atomic E-state index is 0.0832. The van der Waals surface area contributed by atoms with Crippen LogP contribution in [0.1, 0.15) is 6.42 Å². The zero-order valence-corrected chi connectivity index (χ0v) is 13.3. The van der Waals surface area contributed by atoms with E-state index in [0.29, 0.717) is 5.13 Å². The molecule has 0 saturated carbocycles. The number of hydrogen-bond acceptors (Lipinski definition) is 7. The van der Waals surface area contributed by atoms with E-state index in [4.69, 9.17) is 0 Å². The normalized spacial score (nSPS) is 10.6. The number of nitrogens with zero attached hydrogens (tertiary/aromatic N) is 3. The van der Waals surface area contributed by atoms with Crippen LogP contribution in [0.15, 0.2) is 39.4 Å². The van der Waals surface area contributed by atoms with E-state index in [1.807, 2.05) is 17.5 Å². The minimum atomic E-state index is -0.541. The molecule has 0 aliphatic carbocycles. The van der Waals surface area contributed by atoms with Crippen LogP contribution in [-0.2, 0) is 11.3 Å². The van der Waals surface area contributed by atoms with E-state index in [0.717, 1.165) is 9.88 Å². The van der Waals surface area contributed by atoms with Gasteiger partial charge in [-0.05, 0) is 11.4 Å². The summed E-state index contributed by atoms with van der Waals surface area (Å²) in [5, 5.41) is 13.7. The average molecular weight is 349 g/mol. The largest absolute Gasteiger partial charge is 0.328 e. The number of hydrogen-bond donors (Lipinski definition) is 2. The van der Waals surface area contributed by atoms with Gasteiger partial charge in [-0.25, -0.2) is 4.79 Å². The Morgan fingerprint density at radius 3 is 2.91 bits per heavy atom. The zero-order chi connectivity index (χ0) is 16.2. The van der Waals surface area contributed by atoms with Crippen LogP contribution in [-0.4, -0.2) is 25.7 Å². The van der Waals surface area contributed by atoms with Gasteiger partial charge in [0.1, 0.15) is 0 Å². The molecule has 0 aliphatic rings. The lowest BCUT2D eigenvalue weighted by Crippen LogP contribution is -2.29. The van der Waals surface area contributed by atoms with Gasteiger partial charge in [0.15, 0.2) is 5.01 Å². The molecule has 0 spiro atoms. The first kappa shape index (κ1) is 15.3. The number of aryl methyl sites for hydroxylation is 1. The second-order valence-corrected chi connectivity index (χ2v) is 6.42. The number of aromatic nitrogens is 4. The molecular formula is C13H11N5O3S2. The molecule has 0 atom stereocenters. The van der Waals surface area contributed by atoms with Crippen molar-refractivity contribution >= 4 is 33.7 Å². The predicted octanol–water partition coefficient (Wildman–Crippen LogP) is 1.15. The minimum Gasteiger partial charge on any atom is -0.300 e. The highest BCUT2D eigenvalue weighted by Gasteiger charge is 2.10. The number of carbonyl (C=O) groups is 1. The van der Waals surface area contributed by atoms with E-state index in [9.17, 15) is 14.4 Å². The summed E-state index contributed by atoms with van der Waals surface area (Å²) in [5.74, 6) is -0.281. The topological polar surface area (TPSA) is 110 Å². The molecule has 3 heterocycles. The molecule has 8 nitrogen and oxygen atoms in total. The van der Waals surface area contributed by atoms with Crippen molar-refractivity contribution in [3.8, 4) is 9.88 Å². The van der Waals surface area contributed by atoms with Gasteiger partial charge >= 0.3 is 5.69 Å². The van der Waals surface area contributed by atoms with Crippen molar-refractivity contribution in [2.24, 2.45) is 0 Å². The standard InChI is InChI=1S/C13H11N5O3S2/c19-9(3-5-18-6-4-10(20)15-13(18)21)14-12-17-16-11(23-12)8-2-1-7-22-8/h1-2,4,6-7H,3,5H2,(H,14,17,19)(H,15,20,21). The Morgan fingerprint density at radius 1 is 1.30 bits per heavy atom. The highest BCUT2D eigenvalue weighted by molar-refractivity contribution is 7.23. The van der Waals surface area contributed by atoms with Crippen molar-refractivity contribution in [3.05, 3.63) is 50.6 Å². The zero-order valence-electron chi connectivity index (χ0n) is 11.7. The van der Waals surface area contributed by atoms with Crippen LogP contribution >= 0.6 is 22.7 Å². The van der Waals surface area contributed by atoms with Gasteiger partial charge in [-0.15, -0.1) is 21.5 Å². The number of aromatic amines is 1. The summed E-state index contributed by atoms with van der Waals surface area (Å²) in [7, 11) is 0. The Kier molecular flexibility index (Phi) is 4.44. The Hall–Kier alpha value is -2.59. The lowest BCUT2D eigenvalue weighted by Gasteiger charge is -2.03. The fraction of sp³-hybridized carbons (Fsp3) is 0.154. The van der Waals surface area contributed by atoms with Crippen molar-refractivity contribution in [1.29, 1.82) is 0 Å². The quantitative estimate of drug-likeness (QED) is 0.718. The predicted molar refractivity (Wildman–Crippen MR) is 87.8 cm³/mol. The van der Waals surface area contributed by atoms with Gasteiger partial charge in [-0.3, -0.25) is 14.6 Å². The number of nitrogens with one attached hydrogen (secondary N) is 2. The molecule has 3 aromatic heterocycles. The number of H-pyrrole nitrogens is 1. The Labute approximate surface area is 137 Å². The summed E-state index contributed by atoms with van der Waals surface area (Å²) in [4.78, 5) is 37.5. The van der Waals surface area contributed by atoms with E-state index in [2.05, 4.69) is 20.5 Å². The van der Waals surface area contributed by atoms with Crippen LogP contribution in [0.2, 0.25) is 0 Å². The molecule has 118 valence electrons. The third-order valence-electron chi connectivity index (χ3n) is 2.88. The van der Waals surface area contributed by atoms with E-state index in [-0.39, 0.29) is 18.9 Å². The Bertz CT molecular complexity index is 925. The summed E-state index contributed by atoms with van der Waals surface area (Å²) in [6, 6.07) is 5.08. The van der Waals surface area contributed by atoms with Gasteiger partial charge in [0.2, 0.25) is 11.0 Å². The third-order valence-corrected chi connectivity index (χ3v) is 4.76. The van der Waals surface area contributed by atoms with E-state index >= 15 is 0 Å².